The van der Waals surface area contributed by atoms with Gasteiger partial charge in [-0.15, -0.1) is 0 Å². The number of carbonyl (C=O) groups is 6. The summed E-state index contributed by atoms with van der Waals surface area (Å²) < 4.78 is 35.4. The first-order chi connectivity index (χ1) is 27.2. The molecule has 1 aliphatic heterocycles. The largest absolute Gasteiger partial charge is 0.461 e. The first kappa shape index (κ1) is 45.4. The van der Waals surface area contributed by atoms with E-state index in [1.165, 1.54) is 45.9 Å². The van der Waals surface area contributed by atoms with Crippen molar-refractivity contribution in [2.24, 2.45) is 16.7 Å². The minimum atomic E-state index is -2.38. The summed E-state index contributed by atoms with van der Waals surface area (Å²) >= 11 is 0. The molecule has 5 rings (SSSR count). The van der Waals surface area contributed by atoms with Crippen molar-refractivity contribution < 1.29 is 72.5 Å². The van der Waals surface area contributed by atoms with Crippen LogP contribution in [-0.2, 0) is 47.6 Å². The molecule has 1 saturated heterocycles. The number of hydrogen-bond acceptors (Lipinski definition) is 15. The molecule has 2 bridgehead atoms. The number of aliphatic hydroxyl groups excluding tert-OH is 2. The number of aliphatic hydroxyl groups is 3. The number of amides is 1. The Hall–Kier alpha value is -4.64. The summed E-state index contributed by atoms with van der Waals surface area (Å²) in [6.45, 7) is 16.3. The molecule has 2 saturated carbocycles. The van der Waals surface area contributed by atoms with Crippen molar-refractivity contribution in [2.75, 3.05) is 6.61 Å². The zero-order valence-corrected chi connectivity index (χ0v) is 35.4. The molecular formula is C43H57NO15. The van der Waals surface area contributed by atoms with E-state index in [4.69, 9.17) is 28.4 Å². The minimum Gasteiger partial charge on any atom is -0.461 e. The molecule has 324 valence electrons. The fourth-order valence-electron chi connectivity index (χ4n) is 9.50. The van der Waals surface area contributed by atoms with E-state index < -0.39 is 118 Å². The Morgan fingerprint density at radius 1 is 0.966 bits per heavy atom. The van der Waals surface area contributed by atoms with Gasteiger partial charge in [0.05, 0.1) is 29.5 Å². The maximum atomic E-state index is 15.2. The number of ketones is 1. The molecule has 0 spiro atoms. The van der Waals surface area contributed by atoms with Crippen LogP contribution < -0.4 is 5.32 Å². The number of esters is 4. The second-order valence-corrected chi connectivity index (χ2v) is 18.0. The van der Waals surface area contributed by atoms with Crippen LogP contribution >= 0.6 is 0 Å². The normalized spacial score (nSPS) is 33.2. The van der Waals surface area contributed by atoms with Gasteiger partial charge in [0, 0.05) is 32.1 Å². The lowest BCUT2D eigenvalue weighted by atomic mass is 9.44. The van der Waals surface area contributed by atoms with Crippen LogP contribution in [0, 0.1) is 16.7 Å². The van der Waals surface area contributed by atoms with Crippen molar-refractivity contribution in [2.45, 2.75) is 148 Å². The summed E-state index contributed by atoms with van der Waals surface area (Å²) in [4.78, 5) is 81.8. The Morgan fingerprint density at radius 3 is 2.12 bits per heavy atom. The highest BCUT2D eigenvalue weighted by Crippen LogP contribution is 2.64. The number of allylic oxidation sites excluding steroid dienone is 1. The molecule has 0 radical (unpaired) electrons. The zero-order chi connectivity index (χ0) is 44.2. The van der Waals surface area contributed by atoms with E-state index in [1.807, 2.05) is 0 Å². The summed E-state index contributed by atoms with van der Waals surface area (Å²) in [6, 6.07) is 6.48. The smallest absolute Gasteiger partial charge is 0.408 e. The lowest BCUT2D eigenvalue weighted by Gasteiger charge is -2.67. The van der Waals surface area contributed by atoms with Crippen LogP contribution in [-0.4, -0.2) is 117 Å². The zero-order valence-electron chi connectivity index (χ0n) is 35.4. The molecule has 1 unspecified atom stereocenters. The highest BCUT2D eigenvalue weighted by atomic mass is 16.6. The van der Waals surface area contributed by atoms with Crippen LogP contribution in [0.2, 0.25) is 0 Å². The van der Waals surface area contributed by atoms with Gasteiger partial charge in [-0.25, -0.2) is 14.4 Å². The predicted molar refractivity (Wildman–Crippen MR) is 207 cm³/mol. The fourth-order valence-corrected chi connectivity index (χ4v) is 9.50. The number of benzene rings is 1. The standard InChI is InChI=1S/C43H57NO15/c1-21(2)17-26(44-38(52)59-39(6,7)8)31(47)37(51)56-27-19-43(53)35(57-36(50)25-15-13-12-14-16-25)33-41(11,34(49)32(48)30(22(27)3)40(43,9)10)28(55-23(4)45)18-29-42(33,20-54-29)58-24(5)46/h12-17,26-29,31-33,35,47-48,53H,18-20H2,1-11H3,(H,44,52)/t26-,27?,28-,29+,31+,32+,33-,35-,41+,42-,43+/m0/s1. The number of rotatable bonds is 9. The molecule has 4 aliphatic rings. The number of fused-ring (bicyclic) bond motifs is 5. The third-order valence-corrected chi connectivity index (χ3v) is 12.2. The van der Waals surface area contributed by atoms with Gasteiger partial charge in [0.25, 0.3) is 0 Å². The van der Waals surface area contributed by atoms with Crippen LogP contribution in [0.15, 0.2) is 53.1 Å². The van der Waals surface area contributed by atoms with Gasteiger partial charge < -0.3 is 49.1 Å². The average Bonchev–Trinajstić information content (AvgIpc) is 3.11. The van der Waals surface area contributed by atoms with Gasteiger partial charge >= 0.3 is 30.0 Å². The Morgan fingerprint density at radius 2 is 1.59 bits per heavy atom. The molecule has 11 atom stereocenters. The predicted octanol–water partition coefficient (Wildman–Crippen LogP) is 3.42. The number of nitrogens with one attached hydrogen (secondary N) is 1. The summed E-state index contributed by atoms with van der Waals surface area (Å²) in [5, 5.41) is 39.7. The molecule has 3 aliphatic carbocycles. The molecule has 1 heterocycles. The molecule has 16 nitrogen and oxygen atoms in total. The van der Waals surface area contributed by atoms with Gasteiger partial charge in [-0.3, -0.25) is 14.4 Å². The monoisotopic (exact) mass is 827 g/mol. The first-order valence-corrected chi connectivity index (χ1v) is 19.6. The number of ether oxygens (including phenoxy) is 6. The van der Waals surface area contributed by atoms with Gasteiger partial charge in [0.1, 0.15) is 41.7 Å². The Balaban J connectivity index is 1.71. The van der Waals surface area contributed by atoms with Gasteiger partial charge in [0.15, 0.2) is 17.5 Å². The van der Waals surface area contributed by atoms with Crippen LogP contribution in [0.25, 0.3) is 0 Å². The van der Waals surface area contributed by atoms with E-state index >= 15 is 4.79 Å². The summed E-state index contributed by atoms with van der Waals surface area (Å²) in [6.07, 6.45) is -9.90. The SMILES string of the molecule is CC(=O)O[C@H]1C[C@H]2OC[C@@]2(OC(C)=O)[C@H]2[C@H](OC(=O)c3ccccc3)[C@]3(O)CC(OC(=O)[C@H](O)[C@H](C=C(C)C)NC(=O)OC(C)(C)C)C(C)=C([C@@H](O)C(=O)[C@]12C)C3(C)C. The van der Waals surface area contributed by atoms with Crippen LogP contribution in [0.4, 0.5) is 4.79 Å². The van der Waals surface area contributed by atoms with Gasteiger partial charge in [-0.1, -0.05) is 43.7 Å². The number of Topliss-reactive ketones (excluding diaryl/α,β-unsaturated/α-hetero) is 1. The topological polar surface area (TPSA) is 231 Å². The summed E-state index contributed by atoms with van der Waals surface area (Å²) in [7, 11) is 0. The third-order valence-electron chi connectivity index (χ3n) is 12.2. The minimum absolute atomic E-state index is 0.0657. The third kappa shape index (κ3) is 8.16. The van der Waals surface area contributed by atoms with Crippen molar-refractivity contribution in [1.29, 1.82) is 0 Å². The van der Waals surface area contributed by atoms with Gasteiger partial charge in [0.2, 0.25) is 0 Å². The summed E-state index contributed by atoms with van der Waals surface area (Å²) in [5.41, 5.74) is -7.96. The van der Waals surface area contributed by atoms with E-state index in [2.05, 4.69) is 5.32 Å². The molecule has 0 aromatic heterocycles. The molecule has 1 aromatic carbocycles. The molecule has 3 fully saturated rings. The van der Waals surface area contributed by atoms with Crippen LogP contribution in [0.5, 0.6) is 0 Å². The van der Waals surface area contributed by atoms with E-state index in [0.29, 0.717) is 5.57 Å². The average molecular weight is 828 g/mol. The highest BCUT2D eigenvalue weighted by molar-refractivity contribution is 5.94. The lowest BCUT2D eigenvalue weighted by molar-refractivity contribution is -0.346. The Bertz CT molecular complexity index is 1930. The highest BCUT2D eigenvalue weighted by Gasteiger charge is 2.78. The quantitative estimate of drug-likeness (QED) is 0.159. The molecule has 59 heavy (non-hydrogen) atoms. The van der Waals surface area contributed by atoms with Crippen molar-refractivity contribution in [3.8, 4) is 0 Å². The van der Waals surface area contributed by atoms with Crippen molar-refractivity contribution in [1.82, 2.24) is 5.32 Å². The maximum Gasteiger partial charge on any atom is 0.408 e. The van der Waals surface area contributed by atoms with E-state index in [-0.39, 0.29) is 29.7 Å². The van der Waals surface area contributed by atoms with Crippen molar-refractivity contribution >= 4 is 35.8 Å². The van der Waals surface area contributed by atoms with E-state index in [9.17, 15) is 39.3 Å². The molecule has 4 N–H and O–H groups in total. The molecule has 1 aromatic rings. The van der Waals surface area contributed by atoms with E-state index in [0.717, 1.165) is 13.8 Å². The molecule has 1 amide bonds. The first-order valence-electron chi connectivity index (χ1n) is 19.6. The summed E-state index contributed by atoms with van der Waals surface area (Å²) in [5.74, 6) is -6.19. The number of alkyl carbamates (subject to hydrolysis) is 1. The maximum absolute atomic E-state index is 15.2. The second kappa shape index (κ2) is 16.1. The lowest BCUT2D eigenvalue weighted by Crippen LogP contribution is -2.82. The van der Waals surface area contributed by atoms with Crippen LogP contribution in [0.1, 0.15) is 99.4 Å². The Kier molecular flexibility index (Phi) is 12.4. The van der Waals surface area contributed by atoms with Gasteiger partial charge in [-0.2, -0.15) is 0 Å². The molecule has 16 heteroatoms. The van der Waals surface area contributed by atoms with Crippen molar-refractivity contribution in [3.05, 3.63) is 58.7 Å². The number of carbonyl (C=O) groups excluding carboxylic acids is 6. The van der Waals surface area contributed by atoms with Gasteiger partial charge in [-0.05, 0) is 71.7 Å². The molecular weight excluding hydrogens is 770 g/mol. The Labute approximate surface area is 343 Å². The number of hydrogen-bond donors (Lipinski definition) is 4. The van der Waals surface area contributed by atoms with Crippen molar-refractivity contribution in [3.63, 3.8) is 0 Å². The fraction of sp³-hybridized carbons (Fsp3) is 0.628. The van der Waals surface area contributed by atoms with E-state index in [1.54, 1.807) is 52.8 Å². The van der Waals surface area contributed by atoms with Crippen LogP contribution in [0.3, 0.4) is 0 Å². The second-order valence-electron chi connectivity index (χ2n) is 18.0.